The monoisotopic (exact) mass is 341 g/mol. The van der Waals surface area contributed by atoms with Gasteiger partial charge < -0.3 is 20.3 Å². The van der Waals surface area contributed by atoms with Gasteiger partial charge in [0.2, 0.25) is 11.8 Å². The van der Waals surface area contributed by atoms with Gasteiger partial charge in [-0.1, -0.05) is 12.1 Å². The molecule has 2 unspecified atom stereocenters. The molecular weight excluding hydrogens is 318 g/mol. The summed E-state index contributed by atoms with van der Waals surface area (Å²) in [6.07, 6.45) is 0.234. The lowest BCUT2D eigenvalue weighted by molar-refractivity contribution is -0.126. The Morgan fingerprint density at radius 2 is 2.13 bits per heavy atom. The van der Waals surface area contributed by atoms with Gasteiger partial charge in [0.25, 0.3) is 0 Å². The number of rotatable bonds is 6. The zero-order valence-corrected chi connectivity index (χ0v) is 14.5. The van der Waals surface area contributed by atoms with E-state index in [0.29, 0.717) is 24.5 Å². The smallest absolute Gasteiger partial charge is 0.227 e. The molecule has 1 aromatic carbocycles. The zero-order chi connectivity index (χ0) is 16.1. The van der Waals surface area contributed by atoms with Crippen LogP contribution in [0.4, 0.5) is 5.69 Å². The van der Waals surface area contributed by atoms with E-state index in [2.05, 4.69) is 10.6 Å². The SMILES string of the molecule is CNC(C)CNC(=O)C1CC(=O)N(c2ccccc2OC)C1.Cl. The topological polar surface area (TPSA) is 70.7 Å². The molecule has 0 bridgehead atoms. The van der Waals surface area contributed by atoms with Crippen molar-refractivity contribution in [2.75, 3.05) is 32.1 Å². The maximum Gasteiger partial charge on any atom is 0.227 e. The molecule has 23 heavy (non-hydrogen) atoms. The van der Waals surface area contributed by atoms with Crippen LogP contribution in [0.25, 0.3) is 0 Å². The Bertz CT molecular complexity index is 553. The minimum Gasteiger partial charge on any atom is -0.495 e. The molecule has 2 amide bonds. The van der Waals surface area contributed by atoms with Gasteiger partial charge >= 0.3 is 0 Å². The second-order valence-corrected chi connectivity index (χ2v) is 5.51. The number of carbonyl (C=O) groups excluding carboxylic acids is 2. The maximum atomic E-state index is 12.2. The van der Waals surface area contributed by atoms with Crippen LogP contribution in [0.3, 0.4) is 0 Å². The van der Waals surface area contributed by atoms with E-state index in [9.17, 15) is 9.59 Å². The quantitative estimate of drug-likeness (QED) is 0.815. The number of carbonyl (C=O) groups is 2. The molecule has 0 spiro atoms. The molecule has 1 heterocycles. The van der Waals surface area contributed by atoms with E-state index in [-0.39, 0.29) is 42.6 Å². The molecule has 128 valence electrons. The molecule has 1 aliphatic heterocycles. The summed E-state index contributed by atoms with van der Waals surface area (Å²) in [4.78, 5) is 26.1. The molecule has 6 nitrogen and oxygen atoms in total. The highest BCUT2D eigenvalue weighted by Gasteiger charge is 2.36. The molecular formula is C16H24ClN3O3. The van der Waals surface area contributed by atoms with Gasteiger partial charge in [0.15, 0.2) is 0 Å². The molecule has 7 heteroatoms. The number of hydrogen-bond acceptors (Lipinski definition) is 4. The molecule has 0 aliphatic carbocycles. The van der Waals surface area contributed by atoms with Crippen molar-refractivity contribution in [1.82, 2.24) is 10.6 Å². The number of para-hydroxylation sites is 2. The highest BCUT2D eigenvalue weighted by molar-refractivity contribution is 6.01. The average Bonchev–Trinajstić information content (AvgIpc) is 2.93. The number of amides is 2. The molecule has 1 saturated heterocycles. The minimum absolute atomic E-state index is 0. The number of nitrogens with zero attached hydrogens (tertiary/aromatic N) is 1. The Balaban J connectivity index is 0.00000264. The van der Waals surface area contributed by atoms with E-state index >= 15 is 0 Å². The van der Waals surface area contributed by atoms with Crippen molar-refractivity contribution in [2.45, 2.75) is 19.4 Å². The van der Waals surface area contributed by atoms with Crippen molar-refractivity contribution in [1.29, 1.82) is 0 Å². The normalized spacial score (nSPS) is 18.3. The number of nitrogens with one attached hydrogen (secondary N) is 2. The molecule has 2 N–H and O–H groups in total. The third-order valence-corrected chi connectivity index (χ3v) is 3.95. The van der Waals surface area contributed by atoms with E-state index in [4.69, 9.17) is 4.74 Å². The molecule has 2 atom stereocenters. The van der Waals surface area contributed by atoms with Crippen LogP contribution in [-0.4, -0.2) is 45.1 Å². The van der Waals surface area contributed by atoms with Gasteiger partial charge in [-0.2, -0.15) is 0 Å². The lowest BCUT2D eigenvalue weighted by Crippen LogP contribution is -2.40. The van der Waals surface area contributed by atoms with Crippen LogP contribution in [-0.2, 0) is 9.59 Å². The van der Waals surface area contributed by atoms with Gasteiger partial charge in [0, 0.05) is 25.6 Å². The number of methoxy groups -OCH3 is 1. The first-order valence-corrected chi connectivity index (χ1v) is 7.45. The molecule has 0 radical (unpaired) electrons. The predicted molar refractivity (Wildman–Crippen MR) is 92.2 cm³/mol. The van der Waals surface area contributed by atoms with Crippen LogP contribution in [0, 0.1) is 5.92 Å². The first-order valence-electron chi connectivity index (χ1n) is 7.45. The van der Waals surface area contributed by atoms with E-state index in [0.717, 1.165) is 0 Å². The zero-order valence-electron chi connectivity index (χ0n) is 13.7. The summed E-state index contributed by atoms with van der Waals surface area (Å²) in [5.74, 6) is 0.196. The van der Waals surface area contributed by atoms with Crippen molar-refractivity contribution < 1.29 is 14.3 Å². The van der Waals surface area contributed by atoms with Crippen LogP contribution < -0.4 is 20.3 Å². The standard InChI is InChI=1S/C16H23N3O3.ClH/c1-11(17-2)9-18-16(21)12-8-15(20)19(10-12)13-6-4-5-7-14(13)22-3;/h4-7,11-12,17H,8-10H2,1-3H3,(H,18,21);1H. The molecule has 0 saturated carbocycles. The fourth-order valence-electron chi connectivity index (χ4n) is 2.47. The van der Waals surface area contributed by atoms with Crippen molar-refractivity contribution in [3.05, 3.63) is 24.3 Å². The highest BCUT2D eigenvalue weighted by Crippen LogP contribution is 2.32. The second kappa shape index (κ2) is 8.74. The van der Waals surface area contributed by atoms with Crippen molar-refractivity contribution in [3.63, 3.8) is 0 Å². The first kappa shape index (κ1) is 19.3. The lowest BCUT2D eigenvalue weighted by Gasteiger charge is -2.19. The van der Waals surface area contributed by atoms with Crippen LogP contribution >= 0.6 is 12.4 Å². The summed E-state index contributed by atoms with van der Waals surface area (Å²) in [6.45, 7) is 2.93. The summed E-state index contributed by atoms with van der Waals surface area (Å²) in [7, 11) is 3.42. The Kier molecular flexibility index (Phi) is 7.32. The molecule has 1 aromatic rings. The van der Waals surface area contributed by atoms with Crippen LogP contribution in [0.5, 0.6) is 5.75 Å². The first-order chi connectivity index (χ1) is 10.6. The van der Waals surface area contributed by atoms with Gasteiger partial charge in [-0.15, -0.1) is 12.4 Å². The van der Waals surface area contributed by atoms with Gasteiger partial charge in [0.1, 0.15) is 5.75 Å². The Morgan fingerprint density at radius 3 is 2.78 bits per heavy atom. The van der Waals surface area contributed by atoms with Crippen molar-refractivity contribution in [3.8, 4) is 5.75 Å². The van der Waals surface area contributed by atoms with Crippen molar-refractivity contribution >= 4 is 29.9 Å². The molecule has 1 aliphatic rings. The van der Waals surface area contributed by atoms with E-state index in [1.54, 1.807) is 12.0 Å². The minimum atomic E-state index is -0.318. The summed E-state index contributed by atoms with van der Waals surface area (Å²) in [5.41, 5.74) is 0.717. The highest BCUT2D eigenvalue weighted by atomic mass is 35.5. The van der Waals surface area contributed by atoms with E-state index in [1.807, 2.05) is 38.2 Å². The predicted octanol–water partition coefficient (Wildman–Crippen LogP) is 1.19. The Morgan fingerprint density at radius 1 is 1.43 bits per heavy atom. The van der Waals surface area contributed by atoms with Crippen LogP contribution in [0.2, 0.25) is 0 Å². The summed E-state index contributed by atoms with van der Waals surface area (Å²) < 4.78 is 5.29. The van der Waals surface area contributed by atoms with Gasteiger partial charge in [-0.05, 0) is 26.1 Å². The number of anilines is 1. The number of benzene rings is 1. The number of hydrogen-bond donors (Lipinski definition) is 2. The van der Waals surface area contributed by atoms with Gasteiger partial charge in [-0.3, -0.25) is 9.59 Å². The summed E-state index contributed by atoms with van der Waals surface area (Å²) in [5, 5.41) is 5.95. The average molecular weight is 342 g/mol. The fraction of sp³-hybridized carbons (Fsp3) is 0.500. The van der Waals surface area contributed by atoms with Crippen LogP contribution in [0.1, 0.15) is 13.3 Å². The summed E-state index contributed by atoms with van der Waals surface area (Å²) in [6, 6.07) is 7.55. The second-order valence-electron chi connectivity index (χ2n) is 5.51. The van der Waals surface area contributed by atoms with Crippen LogP contribution in [0.15, 0.2) is 24.3 Å². The van der Waals surface area contributed by atoms with E-state index in [1.165, 1.54) is 0 Å². The number of halogens is 1. The van der Waals surface area contributed by atoms with Gasteiger partial charge in [0.05, 0.1) is 18.7 Å². The third-order valence-electron chi connectivity index (χ3n) is 3.95. The van der Waals surface area contributed by atoms with Gasteiger partial charge in [-0.25, -0.2) is 0 Å². The molecule has 2 rings (SSSR count). The maximum absolute atomic E-state index is 12.2. The molecule has 0 aromatic heterocycles. The lowest BCUT2D eigenvalue weighted by atomic mass is 10.1. The Hall–Kier alpha value is -1.79. The largest absolute Gasteiger partial charge is 0.495 e. The fourth-order valence-corrected chi connectivity index (χ4v) is 2.47. The molecule has 1 fully saturated rings. The third kappa shape index (κ3) is 4.59. The van der Waals surface area contributed by atoms with E-state index < -0.39 is 0 Å². The summed E-state index contributed by atoms with van der Waals surface area (Å²) >= 11 is 0. The Labute approximate surface area is 143 Å². The number of ether oxygens (including phenoxy) is 1. The van der Waals surface area contributed by atoms with Crippen molar-refractivity contribution in [2.24, 2.45) is 5.92 Å². The number of likely N-dealkylation sites (N-methyl/N-ethyl adjacent to an activating group) is 1.